The molecule has 29 heavy (non-hydrogen) atoms. The number of amides is 1. The Morgan fingerprint density at radius 3 is 2.69 bits per heavy atom. The minimum atomic E-state index is -2.65. The molecule has 0 aliphatic heterocycles. The van der Waals surface area contributed by atoms with E-state index in [1.54, 1.807) is 32.0 Å². The fourth-order valence-electron chi connectivity index (χ4n) is 2.90. The summed E-state index contributed by atoms with van der Waals surface area (Å²) < 4.78 is 26.9. The van der Waals surface area contributed by atoms with Gasteiger partial charge in [-0.2, -0.15) is 18.6 Å². The predicted molar refractivity (Wildman–Crippen MR) is 107 cm³/mol. The Kier molecular flexibility index (Phi) is 6.12. The van der Waals surface area contributed by atoms with E-state index in [2.05, 4.69) is 20.4 Å². The number of aromatic amines is 1. The lowest BCUT2D eigenvalue weighted by Crippen LogP contribution is -2.22. The van der Waals surface area contributed by atoms with Crippen molar-refractivity contribution in [1.82, 2.24) is 19.7 Å². The molecular weight excluding hydrogens is 400 g/mol. The molecular formula is C19H19F2N5O2S. The number of carbonyl (C=O) groups excluding carboxylic acids is 1. The number of hydrogen-bond acceptors (Lipinski definition) is 5. The summed E-state index contributed by atoms with van der Waals surface area (Å²) >= 11 is 0.301. The van der Waals surface area contributed by atoms with Gasteiger partial charge >= 0.3 is 0 Å². The Morgan fingerprint density at radius 2 is 2.03 bits per heavy atom. The second kappa shape index (κ2) is 8.56. The molecule has 0 radical (unpaired) electrons. The van der Waals surface area contributed by atoms with Gasteiger partial charge in [0.05, 0.1) is 11.3 Å². The van der Waals surface area contributed by atoms with Crippen molar-refractivity contribution in [1.29, 1.82) is 0 Å². The summed E-state index contributed by atoms with van der Waals surface area (Å²) in [5.74, 6) is -2.80. The number of rotatable bonds is 6. The maximum absolute atomic E-state index is 12.8. The van der Waals surface area contributed by atoms with Crippen LogP contribution < -0.4 is 10.9 Å². The van der Waals surface area contributed by atoms with Crippen LogP contribution in [0.2, 0.25) is 0 Å². The van der Waals surface area contributed by atoms with E-state index in [0.717, 1.165) is 0 Å². The minimum Gasteiger partial charge on any atom is -0.306 e. The SMILES string of the molecule is CCc1c(C)nc(-n2nc(C)cc2NC(=O)c2ccccc2SC(F)F)[nH]c1=O. The van der Waals surface area contributed by atoms with Crippen molar-refractivity contribution in [2.75, 3.05) is 5.32 Å². The Labute approximate surface area is 169 Å². The Balaban J connectivity index is 1.97. The lowest BCUT2D eigenvalue weighted by molar-refractivity contribution is 0.102. The average molecular weight is 419 g/mol. The van der Waals surface area contributed by atoms with Crippen molar-refractivity contribution in [2.24, 2.45) is 0 Å². The zero-order chi connectivity index (χ0) is 21.1. The highest BCUT2D eigenvalue weighted by atomic mass is 32.2. The number of hydrogen-bond donors (Lipinski definition) is 2. The second-order valence-corrected chi connectivity index (χ2v) is 7.25. The Morgan fingerprint density at radius 1 is 1.31 bits per heavy atom. The van der Waals surface area contributed by atoms with E-state index in [9.17, 15) is 18.4 Å². The predicted octanol–water partition coefficient (Wildman–Crippen LogP) is 3.70. The van der Waals surface area contributed by atoms with Crippen molar-refractivity contribution < 1.29 is 13.6 Å². The topological polar surface area (TPSA) is 92.7 Å². The van der Waals surface area contributed by atoms with Crippen molar-refractivity contribution >= 4 is 23.5 Å². The highest BCUT2D eigenvalue weighted by Gasteiger charge is 2.19. The molecule has 2 aromatic heterocycles. The highest BCUT2D eigenvalue weighted by Crippen LogP contribution is 2.29. The van der Waals surface area contributed by atoms with E-state index in [4.69, 9.17) is 0 Å². The van der Waals surface area contributed by atoms with Gasteiger partial charge in [0.25, 0.3) is 17.2 Å². The Hall–Kier alpha value is -3.01. The second-order valence-electron chi connectivity index (χ2n) is 6.22. The van der Waals surface area contributed by atoms with E-state index in [-0.39, 0.29) is 27.8 Å². The van der Waals surface area contributed by atoms with Gasteiger partial charge in [0.15, 0.2) is 0 Å². The molecule has 0 aliphatic rings. The summed E-state index contributed by atoms with van der Waals surface area (Å²) in [7, 11) is 0. The van der Waals surface area contributed by atoms with E-state index in [1.807, 2.05) is 6.92 Å². The lowest BCUT2D eigenvalue weighted by atomic mass is 10.2. The molecule has 1 amide bonds. The van der Waals surface area contributed by atoms with Crippen LogP contribution in [0.25, 0.3) is 5.95 Å². The van der Waals surface area contributed by atoms with Gasteiger partial charge < -0.3 is 5.32 Å². The average Bonchev–Trinajstić information content (AvgIpc) is 3.01. The molecule has 3 aromatic rings. The monoisotopic (exact) mass is 419 g/mol. The molecule has 3 rings (SSSR count). The van der Waals surface area contributed by atoms with Crippen LogP contribution in [0.1, 0.15) is 34.2 Å². The third kappa shape index (κ3) is 4.53. The number of benzene rings is 1. The zero-order valence-corrected chi connectivity index (χ0v) is 16.8. The van der Waals surface area contributed by atoms with Crippen LogP contribution in [0.5, 0.6) is 0 Å². The number of aromatic nitrogens is 4. The molecule has 0 fully saturated rings. The maximum Gasteiger partial charge on any atom is 0.288 e. The quantitative estimate of drug-likeness (QED) is 0.595. The van der Waals surface area contributed by atoms with Gasteiger partial charge in [0.2, 0.25) is 5.95 Å². The van der Waals surface area contributed by atoms with Gasteiger partial charge in [-0.05, 0) is 32.4 Å². The number of anilines is 1. The summed E-state index contributed by atoms with van der Waals surface area (Å²) in [6, 6.07) is 7.71. The van der Waals surface area contributed by atoms with Gasteiger partial charge in [0, 0.05) is 22.2 Å². The smallest absolute Gasteiger partial charge is 0.288 e. The van der Waals surface area contributed by atoms with E-state index < -0.39 is 11.7 Å². The van der Waals surface area contributed by atoms with Crippen LogP contribution in [0.4, 0.5) is 14.6 Å². The van der Waals surface area contributed by atoms with Crippen molar-refractivity contribution in [2.45, 2.75) is 37.8 Å². The molecule has 10 heteroatoms. The van der Waals surface area contributed by atoms with E-state index >= 15 is 0 Å². The van der Waals surface area contributed by atoms with Gasteiger partial charge in [-0.25, -0.2) is 4.98 Å². The molecule has 1 aromatic carbocycles. The van der Waals surface area contributed by atoms with Crippen LogP contribution in [0.3, 0.4) is 0 Å². The van der Waals surface area contributed by atoms with E-state index in [1.165, 1.54) is 16.8 Å². The number of aryl methyl sites for hydroxylation is 2. The molecule has 2 N–H and O–H groups in total. The van der Waals surface area contributed by atoms with Crippen LogP contribution in [0, 0.1) is 13.8 Å². The van der Waals surface area contributed by atoms with Crippen molar-refractivity contribution in [3.63, 3.8) is 0 Å². The van der Waals surface area contributed by atoms with Gasteiger partial charge in [0.1, 0.15) is 5.82 Å². The highest BCUT2D eigenvalue weighted by molar-refractivity contribution is 7.99. The molecule has 2 heterocycles. The molecule has 0 spiro atoms. The third-order valence-electron chi connectivity index (χ3n) is 4.18. The number of H-pyrrole nitrogens is 1. The first-order valence-corrected chi connectivity index (χ1v) is 9.70. The fourth-order valence-corrected chi connectivity index (χ4v) is 3.54. The van der Waals surface area contributed by atoms with E-state index in [0.29, 0.717) is 35.1 Å². The molecule has 0 bridgehead atoms. The first-order chi connectivity index (χ1) is 13.8. The van der Waals surface area contributed by atoms with Crippen molar-refractivity contribution in [3.05, 3.63) is 63.2 Å². The van der Waals surface area contributed by atoms with Crippen LogP contribution in [-0.4, -0.2) is 31.4 Å². The number of nitrogens with one attached hydrogen (secondary N) is 2. The number of carbonyl (C=O) groups is 1. The first-order valence-electron chi connectivity index (χ1n) is 8.82. The summed E-state index contributed by atoms with van der Waals surface area (Å²) in [6.07, 6.45) is 0.536. The molecule has 0 saturated carbocycles. The van der Waals surface area contributed by atoms with Gasteiger partial charge in [-0.15, -0.1) is 0 Å². The number of halogens is 2. The standard InChI is InChI=1S/C19H19F2N5O2S/c1-4-12-11(3)22-19(24-16(12)27)26-15(9-10(2)25-26)23-17(28)13-7-5-6-8-14(13)29-18(20)21/h5-9,18H,4H2,1-3H3,(H,23,28)(H,22,24,27). The van der Waals surface area contributed by atoms with Gasteiger partial charge in [-0.3, -0.25) is 14.6 Å². The molecule has 0 atom stereocenters. The fraction of sp³-hybridized carbons (Fsp3) is 0.263. The molecule has 0 unspecified atom stereocenters. The molecule has 0 aliphatic carbocycles. The molecule has 7 nitrogen and oxygen atoms in total. The van der Waals surface area contributed by atoms with Crippen LogP contribution >= 0.6 is 11.8 Å². The zero-order valence-electron chi connectivity index (χ0n) is 16.0. The van der Waals surface area contributed by atoms with Crippen molar-refractivity contribution in [3.8, 4) is 5.95 Å². The van der Waals surface area contributed by atoms with Crippen LogP contribution in [-0.2, 0) is 6.42 Å². The maximum atomic E-state index is 12.8. The number of thioether (sulfide) groups is 1. The number of alkyl halides is 2. The lowest BCUT2D eigenvalue weighted by Gasteiger charge is -2.11. The largest absolute Gasteiger partial charge is 0.306 e. The minimum absolute atomic E-state index is 0.113. The molecule has 0 saturated heterocycles. The third-order valence-corrected chi connectivity index (χ3v) is 4.97. The van der Waals surface area contributed by atoms with Gasteiger partial charge in [-0.1, -0.05) is 30.8 Å². The summed E-state index contributed by atoms with van der Waals surface area (Å²) in [5.41, 5.74) is 1.55. The summed E-state index contributed by atoms with van der Waals surface area (Å²) in [5, 5.41) is 6.95. The molecule has 152 valence electrons. The van der Waals surface area contributed by atoms with Crippen LogP contribution in [0.15, 0.2) is 40.0 Å². The Bertz CT molecular complexity index is 1110. The number of nitrogens with zero attached hydrogens (tertiary/aromatic N) is 3. The summed E-state index contributed by atoms with van der Waals surface area (Å²) in [4.78, 5) is 32.2. The first kappa shape index (κ1) is 20.7. The normalized spacial score (nSPS) is 11.1. The summed E-state index contributed by atoms with van der Waals surface area (Å²) in [6.45, 7) is 5.31.